The summed E-state index contributed by atoms with van der Waals surface area (Å²) in [6, 6.07) is 0. The molecule has 2 rings (SSSR count). The quantitative estimate of drug-likeness (QED) is 0.244. The van der Waals surface area contributed by atoms with Gasteiger partial charge in [0.15, 0.2) is 5.96 Å². The molecule has 1 aromatic rings. The number of piperidine rings is 1. The van der Waals surface area contributed by atoms with Crippen LogP contribution in [-0.2, 0) is 18.2 Å². The molecular formula is C22H41IN6O2. The molecule has 1 aliphatic heterocycles. The van der Waals surface area contributed by atoms with E-state index in [9.17, 15) is 4.79 Å². The van der Waals surface area contributed by atoms with Crippen molar-refractivity contribution in [3.63, 3.8) is 0 Å². The van der Waals surface area contributed by atoms with E-state index >= 15 is 0 Å². The van der Waals surface area contributed by atoms with E-state index in [1.54, 1.807) is 0 Å². The number of aromatic nitrogens is 2. The number of hydrogen-bond acceptors (Lipinski definition) is 4. The monoisotopic (exact) mass is 548 g/mol. The SMILES string of the molecule is CCN(CC1CCN(C(=NC)NCCCc2cnn(C)c2)CC1)C(=O)OC(C)(C)C.I. The Kier molecular flexibility index (Phi) is 11.6. The van der Waals surface area contributed by atoms with Crippen LogP contribution in [-0.4, -0.2) is 77.0 Å². The van der Waals surface area contributed by atoms with Gasteiger partial charge in [-0.15, -0.1) is 24.0 Å². The number of ether oxygens (including phenoxy) is 1. The number of aliphatic imine (C=N–C) groups is 1. The summed E-state index contributed by atoms with van der Waals surface area (Å²) < 4.78 is 7.38. The van der Waals surface area contributed by atoms with E-state index in [4.69, 9.17) is 4.74 Å². The molecule has 0 spiro atoms. The maximum Gasteiger partial charge on any atom is 0.410 e. The molecule has 0 saturated carbocycles. The molecule has 0 aromatic carbocycles. The largest absolute Gasteiger partial charge is 0.444 e. The van der Waals surface area contributed by atoms with Crippen molar-refractivity contribution in [1.82, 2.24) is 24.9 Å². The molecule has 1 aliphatic rings. The molecule has 8 nitrogen and oxygen atoms in total. The van der Waals surface area contributed by atoms with Crippen LogP contribution in [0.4, 0.5) is 4.79 Å². The van der Waals surface area contributed by atoms with E-state index in [1.807, 2.05) is 57.6 Å². The van der Waals surface area contributed by atoms with Gasteiger partial charge in [0.2, 0.25) is 0 Å². The fourth-order valence-corrected chi connectivity index (χ4v) is 3.72. The maximum atomic E-state index is 12.4. The van der Waals surface area contributed by atoms with Crippen LogP contribution in [0.25, 0.3) is 0 Å². The highest BCUT2D eigenvalue weighted by atomic mass is 127. The minimum atomic E-state index is -0.455. The van der Waals surface area contributed by atoms with Crippen molar-refractivity contribution in [2.24, 2.45) is 18.0 Å². The topological polar surface area (TPSA) is 75.0 Å². The third kappa shape index (κ3) is 9.65. The second-order valence-corrected chi connectivity index (χ2v) is 9.05. The lowest BCUT2D eigenvalue weighted by atomic mass is 9.96. The molecule has 1 saturated heterocycles. The Morgan fingerprint density at radius 1 is 1.35 bits per heavy atom. The fourth-order valence-electron chi connectivity index (χ4n) is 3.72. The first-order valence-corrected chi connectivity index (χ1v) is 11.1. The zero-order chi connectivity index (χ0) is 22.1. The fraction of sp³-hybridized carbons (Fsp3) is 0.773. The van der Waals surface area contributed by atoms with E-state index in [2.05, 4.69) is 26.5 Å². The lowest BCUT2D eigenvalue weighted by Crippen LogP contribution is -2.48. The average Bonchev–Trinajstić information content (AvgIpc) is 3.10. The van der Waals surface area contributed by atoms with E-state index in [-0.39, 0.29) is 30.1 Å². The normalized spacial score (nSPS) is 15.4. The maximum absolute atomic E-state index is 12.4. The van der Waals surface area contributed by atoms with Crippen LogP contribution in [0.3, 0.4) is 0 Å². The van der Waals surface area contributed by atoms with Crippen molar-refractivity contribution in [3.8, 4) is 0 Å². The van der Waals surface area contributed by atoms with Crippen LogP contribution < -0.4 is 5.32 Å². The van der Waals surface area contributed by atoms with Crippen LogP contribution in [0.15, 0.2) is 17.4 Å². The summed E-state index contributed by atoms with van der Waals surface area (Å²) in [5.74, 6) is 1.47. The van der Waals surface area contributed by atoms with E-state index in [0.29, 0.717) is 12.5 Å². The molecule has 1 N–H and O–H groups in total. The van der Waals surface area contributed by atoms with Gasteiger partial charge in [-0.05, 0) is 64.9 Å². The summed E-state index contributed by atoms with van der Waals surface area (Å²) in [5, 5.41) is 7.70. The molecule has 0 bridgehead atoms. The summed E-state index contributed by atoms with van der Waals surface area (Å²) in [4.78, 5) is 21.0. The molecule has 0 aliphatic carbocycles. The molecule has 178 valence electrons. The first-order valence-electron chi connectivity index (χ1n) is 11.1. The number of amides is 1. The van der Waals surface area contributed by atoms with E-state index in [1.165, 1.54) is 5.56 Å². The van der Waals surface area contributed by atoms with Crippen LogP contribution >= 0.6 is 24.0 Å². The smallest absolute Gasteiger partial charge is 0.410 e. The van der Waals surface area contributed by atoms with Gasteiger partial charge in [-0.1, -0.05) is 0 Å². The van der Waals surface area contributed by atoms with Crippen molar-refractivity contribution >= 4 is 36.0 Å². The van der Waals surface area contributed by atoms with Gasteiger partial charge >= 0.3 is 6.09 Å². The Bertz CT molecular complexity index is 692. The van der Waals surface area contributed by atoms with Crippen LogP contribution in [0.2, 0.25) is 0 Å². The molecule has 0 atom stereocenters. The van der Waals surface area contributed by atoms with Crippen LogP contribution in [0.1, 0.15) is 52.5 Å². The summed E-state index contributed by atoms with van der Waals surface area (Å²) in [6.45, 7) is 12.0. The van der Waals surface area contributed by atoms with Crippen molar-refractivity contribution in [3.05, 3.63) is 18.0 Å². The predicted molar refractivity (Wildman–Crippen MR) is 136 cm³/mol. The number of nitrogens with one attached hydrogen (secondary N) is 1. The van der Waals surface area contributed by atoms with Crippen LogP contribution in [0.5, 0.6) is 0 Å². The standard InChI is InChI=1S/C22H40N6O2.HI/c1-7-27(21(29)30-22(2,3)4)17-18-10-13-28(14-11-18)20(23-5)24-12-8-9-19-15-25-26(6)16-19;/h15-16,18H,7-14,17H2,1-6H3,(H,23,24);1H. The predicted octanol–water partition coefficient (Wildman–Crippen LogP) is 3.52. The Morgan fingerprint density at radius 3 is 2.55 bits per heavy atom. The first-order chi connectivity index (χ1) is 14.2. The Morgan fingerprint density at radius 2 is 2.03 bits per heavy atom. The lowest BCUT2D eigenvalue weighted by molar-refractivity contribution is 0.0214. The molecular weight excluding hydrogens is 507 g/mol. The summed E-state index contributed by atoms with van der Waals surface area (Å²) in [5.41, 5.74) is 0.809. The van der Waals surface area contributed by atoms with E-state index in [0.717, 1.165) is 57.8 Å². The molecule has 2 heterocycles. The highest BCUT2D eigenvalue weighted by molar-refractivity contribution is 14.0. The van der Waals surface area contributed by atoms with Gasteiger partial charge in [-0.3, -0.25) is 9.67 Å². The lowest BCUT2D eigenvalue weighted by Gasteiger charge is -2.36. The van der Waals surface area contributed by atoms with Crippen molar-refractivity contribution in [2.45, 2.75) is 59.0 Å². The van der Waals surface area contributed by atoms with Gasteiger partial charge in [0.1, 0.15) is 5.60 Å². The third-order valence-corrected chi connectivity index (χ3v) is 5.32. The van der Waals surface area contributed by atoms with E-state index < -0.39 is 5.60 Å². The number of halogens is 1. The third-order valence-electron chi connectivity index (χ3n) is 5.32. The molecule has 0 unspecified atom stereocenters. The van der Waals surface area contributed by atoms with Gasteiger partial charge in [0.05, 0.1) is 6.20 Å². The zero-order valence-corrected chi connectivity index (χ0v) is 22.4. The molecule has 0 radical (unpaired) electrons. The summed E-state index contributed by atoms with van der Waals surface area (Å²) in [6.07, 6.45) is 7.94. The number of nitrogens with zero attached hydrogens (tertiary/aromatic N) is 5. The zero-order valence-electron chi connectivity index (χ0n) is 20.1. The first kappa shape index (κ1) is 27.5. The number of carbonyl (C=O) groups excluding carboxylic acids is 1. The molecule has 31 heavy (non-hydrogen) atoms. The molecule has 1 aromatic heterocycles. The van der Waals surface area contributed by atoms with Gasteiger partial charge in [-0.2, -0.15) is 5.10 Å². The average molecular weight is 549 g/mol. The number of carbonyl (C=O) groups is 1. The Balaban J connectivity index is 0.00000480. The van der Waals surface area contributed by atoms with Gasteiger partial charge in [0.25, 0.3) is 0 Å². The van der Waals surface area contributed by atoms with Gasteiger partial charge in [0, 0.05) is 53.0 Å². The Labute approximate surface area is 204 Å². The highest BCUT2D eigenvalue weighted by Gasteiger charge is 2.27. The highest BCUT2D eigenvalue weighted by Crippen LogP contribution is 2.20. The molecule has 1 amide bonds. The number of hydrogen-bond donors (Lipinski definition) is 1. The van der Waals surface area contributed by atoms with Crippen LogP contribution in [0, 0.1) is 5.92 Å². The number of aryl methyl sites for hydroxylation is 2. The van der Waals surface area contributed by atoms with Crippen molar-refractivity contribution < 1.29 is 9.53 Å². The minimum Gasteiger partial charge on any atom is -0.444 e. The van der Waals surface area contributed by atoms with Gasteiger partial charge in [-0.25, -0.2) is 4.79 Å². The Hall–Kier alpha value is -1.52. The van der Waals surface area contributed by atoms with Gasteiger partial charge < -0.3 is 19.9 Å². The summed E-state index contributed by atoms with van der Waals surface area (Å²) >= 11 is 0. The number of guanidine groups is 1. The van der Waals surface area contributed by atoms with Crippen molar-refractivity contribution in [1.29, 1.82) is 0 Å². The number of likely N-dealkylation sites (tertiary alicyclic amines) is 1. The second-order valence-electron chi connectivity index (χ2n) is 9.05. The molecule has 9 heteroatoms. The van der Waals surface area contributed by atoms with Crippen molar-refractivity contribution in [2.75, 3.05) is 39.8 Å². The summed E-state index contributed by atoms with van der Waals surface area (Å²) in [7, 11) is 3.79. The molecule has 1 fully saturated rings. The second kappa shape index (κ2) is 13.1. The number of rotatable bonds is 7. The minimum absolute atomic E-state index is 0.